The van der Waals surface area contributed by atoms with Gasteiger partial charge in [-0.15, -0.1) is 11.3 Å². The van der Waals surface area contributed by atoms with Crippen molar-refractivity contribution in [1.29, 1.82) is 0 Å². The van der Waals surface area contributed by atoms with Gasteiger partial charge in [0.05, 0.1) is 6.04 Å². The molecule has 0 aromatic carbocycles. The first-order valence-electron chi connectivity index (χ1n) is 10.7. The van der Waals surface area contributed by atoms with E-state index >= 15 is 0 Å². The topological polar surface area (TPSA) is 64.7 Å². The van der Waals surface area contributed by atoms with Gasteiger partial charge in [0, 0.05) is 24.0 Å². The standard InChI is InChI=1S/C21H32N4O2S/c1-15-8-11-24(12-9-15)18(19-5-3-13-28-19)14-22-21(27)25-10-2-4-17(25)20(26)23-16-6-7-16/h3,5,13,15-18H,2,4,6-12,14H2,1H3,(H,22,27)(H,23,26). The number of hydrogen-bond acceptors (Lipinski definition) is 4. The molecule has 1 aliphatic carbocycles. The summed E-state index contributed by atoms with van der Waals surface area (Å²) in [6, 6.07) is 4.40. The van der Waals surface area contributed by atoms with Crippen LogP contribution in [-0.4, -0.2) is 60.0 Å². The zero-order valence-corrected chi connectivity index (χ0v) is 17.5. The van der Waals surface area contributed by atoms with E-state index in [1.807, 2.05) is 0 Å². The Kier molecular flexibility index (Phi) is 6.21. The summed E-state index contributed by atoms with van der Waals surface area (Å²) in [5.41, 5.74) is 0. The minimum atomic E-state index is -0.309. The third-order valence-electron chi connectivity index (χ3n) is 6.32. The van der Waals surface area contributed by atoms with Crippen LogP contribution in [0.2, 0.25) is 0 Å². The van der Waals surface area contributed by atoms with Gasteiger partial charge in [-0.05, 0) is 69.0 Å². The molecule has 2 atom stereocenters. The van der Waals surface area contributed by atoms with Crippen LogP contribution in [0.15, 0.2) is 17.5 Å². The second-order valence-corrected chi connectivity index (χ2v) is 9.55. The SMILES string of the molecule is CC1CCN(C(CNC(=O)N2CCCC2C(=O)NC2CC2)c2cccs2)CC1. The van der Waals surface area contributed by atoms with Crippen molar-refractivity contribution in [2.24, 2.45) is 5.92 Å². The Morgan fingerprint density at radius 2 is 1.96 bits per heavy atom. The third-order valence-corrected chi connectivity index (χ3v) is 7.29. The van der Waals surface area contributed by atoms with Crippen LogP contribution < -0.4 is 10.6 Å². The molecule has 2 saturated heterocycles. The largest absolute Gasteiger partial charge is 0.352 e. The van der Waals surface area contributed by atoms with E-state index in [2.05, 4.69) is 40.0 Å². The van der Waals surface area contributed by atoms with Gasteiger partial charge >= 0.3 is 6.03 Å². The van der Waals surface area contributed by atoms with E-state index in [4.69, 9.17) is 0 Å². The number of nitrogens with zero attached hydrogens (tertiary/aromatic N) is 2. The molecule has 154 valence electrons. The zero-order valence-electron chi connectivity index (χ0n) is 16.7. The molecule has 2 N–H and O–H groups in total. The highest BCUT2D eigenvalue weighted by Gasteiger charge is 2.37. The molecule has 3 fully saturated rings. The van der Waals surface area contributed by atoms with Crippen molar-refractivity contribution >= 4 is 23.3 Å². The van der Waals surface area contributed by atoms with Crippen LogP contribution >= 0.6 is 11.3 Å². The van der Waals surface area contributed by atoms with E-state index in [0.717, 1.165) is 44.7 Å². The van der Waals surface area contributed by atoms with Crippen molar-refractivity contribution in [1.82, 2.24) is 20.4 Å². The van der Waals surface area contributed by atoms with Crippen LogP contribution in [0.4, 0.5) is 4.79 Å². The maximum absolute atomic E-state index is 12.9. The smallest absolute Gasteiger partial charge is 0.318 e. The van der Waals surface area contributed by atoms with Gasteiger partial charge in [0.25, 0.3) is 0 Å². The highest BCUT2D eigenvalue weighted by atomic mass is 32.1. The Bertz CT molecular complexity index is 668. The summed E-state index contributed by atoms with van der Waals surface area (Å²) in [7, 11) is 0. The van der Waals surface area contributed by atoms with E-state index in [0.29, 0.717) is 19.1 Å². The summed E-state index contributed by atoms with van der Waals surface area (Å²) in [5, 5.41) is 8.31. The van der Waals surface area contributed by atoms with E-state index < -0.39 is 0 Å². The first kappa shape index (κ1) is 19.7. The molecule has 1 saturated carbocycles. The van der Waals surface area contributed by atoms with E-state index in [1.54, 1.807) is 16.2 Å². The molecule has 28 heavy (non-hydrogen) atoms. The van der Waals surface area contributed by atoms with E-state index in [9.17, 15) is 9.59 Å². The van der Waals surface area contributed by atoms with Crippen molar-refractivity contribution in [3.05, 3.63) is 22.4 Å². The zero-order chi connectivity index (χ0) is 19.5. The number of amides is 3. The lowest BCUT2D eigenvalue weighted by Crippen LogP contribution is -2.51. The maximum Gasteiger partial charge on any atom is 0.318 e. The molecule has 1 aromatic heterocycles. The first-order chi connectivity index (χ1) is 13.6. The molecule has 0 radical (unpaired) electrons. The van der Waals surface area contributed by atoms with Crippen LogP contribution in [0.3, 0.4) is 0 Å². The maximum atomic E-state index is 12.9. The molecule has 6 nitrogen and oxygen atoms in total. The number of carbonyl (C=O) groups excluding carboxylic acids is 2. The third kappa shape index (κ3) is 4.69. The minimum Gasteiger partial charge on any atom is -0.352 e. The average Bonchev–Trinajstić information content (AvgIpc) is 3.15. The lowest BCUT2D eigenvalue weighted by molar-refractivity contribution is -0.124. The summed E-state index contributed by atoms with van der Waals surface area (Å²) >= 11 is 1.76. The highest BCUT2D eigenvalue weighted by Crippen LogP contribution is 2.29. The van der Waals surface area contributed by atoms with Gasteiger partial charge < -0.3 is 15.5 Å². The number of piperidine rings is 1. The normalized spacial score (nSPS) is 24.9. The Hall–Kier alpha value is -1.60. The molecule has 2 aliphatic heterocycles. The lowest BCUT2D eigenvalue weighted by atomic mass is 9.97. The minimum absolute atomic E-state index is 0.0231. The number of nitrogens with one attached hydrogen (secondary N) is 2. The molecule has 3 heterocycles. The molecule has 1 aromatic rings. The second kappa shape index (κ2) is 8.82. The number of thiophene rings is 1. The summed E-state index contributed by atoms with van der Waals surface area (Å²) in [6.45, 7) is 5.74. The van der Waals surface area contributed by atoms with Crippen LogP contribution in [0.1, 0.15) is 56.4 Å². The molecule has 3 amide bonds. The fourth-order valence-corrected chi connectivity index (χ4v) is 5.18. The Balaban J connectivity index is 1.36. The Labute approximate surface area is 171 Å². The van der Waals surface area contributed by atoms with Crippen molar-refractivity contribution in [2.75, 3.05) is 26.2 Å². The number of urea groups is 1. The van der Waals surface area contributed by atoms with Gasteiger partial charge in [0.1, 0.15) is 6.04 Å². The number of carbonyl (C=O) groups is 2. The predicted octanol–water partition coefficient (Wildman–Crippen LogP) is 2.97. The lowest BCUT2D eigenvalue weighted by Gasteiger charge is -2.36. The molecule has 4 rings (SSSR count). The average molecular weight is 405 g/mol. The van der Waals surface area contributed by atoms with E-state index in [-0.39, 0.29) is 24.0 Å². The molecular weight excluding hydrogens is 372 g/mol. The molecule has 2 unspecified atom stereocenters. The molecule has 7 heteroatoms. The van der Waals surface area contributed by atoms with Crippen molar-refractivity contribution < 1.29 is 9.59 Å². The van der Waals surface area contributed by atoms with Crippen LogP contribution in [0.5, 0.6) is 0 Å². The van der Waals surface area contributed by atoms with Gasteiger partial charge in [0.2, 0.25) is 5.91 Å². The number of likely N-dealkylation sites (tertiary alicyclic amines) is 2. The summed E-state index contributed by atoms with van der Waals surface area (Å²) in [6.07, 6.45) is 6.23. The molecular formula is C21H32N4O2S. The van der Waals surface area contributed by atoms with Crippen molar-refractivity contribution in [2.45, 2.75) is 63.6 Å². The van der Waals surface area contributed by atoms with E-state index in [1.165, 1.54) is 17.7 Å². The molecule has 3 aliphatic rings. The fraction of sp³-hybridized carbons (Fsp3) is 0.714. The molecule has 0 spiro atoms. The van der Waals surface area contributed by atoms with Gasteiger partial charge in [-0.25, -0.2) is 4.79 Å². The van der Waals surface area contributed by atoms with Crippen LogP contribution in [0, 0.1) is 5.92 Å². The number of hydrogen-bond donors (Lipinski definition) is 2. The van der Waals surface area contributed by atoms with Gasteiger partial charge in [-0.3, -0.25) is 9.69 Å². The summed E-state index contributed by atoms with van der Waals surface area (Å²) in [5.74, 6) is 0.806. The van der Waals surface area contributed by atoms with Crippen molar-refractivity contribution in [3.8, 4) is 0 Å². The first-order valence-corrected chi connectivity index (χ1v) is 11.6. The Morgan fingerprint density at radius 1 is 1.18 bits per heavy atom. The van der Waals surface area contributed by atoms with Gasteiger partial charge in [-0.1, -0.05) is 13.0 Å². The number of rotatable bonds is 6. The Morgan fingerprint density at radius 3 is 2.64 bits per heavy atom. The summed E-state index contributed by atoms with van der Waals surface area (Å²) < 4.78 is 0. The summed E-state index contributed by atoms with van der Waals surface area (Å²) in [4.78, 5) is 30.9. The van der Waals surface area contributed by atoms with Crippen LogP contribution in [0.25, 0.3) is 0 Å². The van der Waals surface area contributed by atoms with Gasteiger partial charge in [0.15, 0.2) is 0 Å². The molecule has 0 bridgehead atoms. The van der Waals surface area contributed by atoms with Crippen molar-refractivity contribution in [3.63, 3.8) is 0 Å². The quantitative estimate of drug-likeness (QED) is 0.766. The fourth-order valence-electron chi connectivity index (χ4n) is 4.32. The van der Waals surface area contributed by atoms with Crippen LogP contribution in [-0.2, 0) is 4.79 Å². The predicted molar refractivity (Wildman–Crippen MR) is 111 cm³/mol. The van der Waals surface area contributed by atoms with Gasteiger partial charge in [-0.2, -0.15) is 0 Å². The highest BCUT2D eigenvalue weighted by molar-refractivity contribution is 7.10. The monoisotopic (exact) mass is 404 g/mol. The second-order valence-electron chi connectivity index (χ2n) is 8.57.